The number of hydrogen-bond donors (Lipinski definition) is 0. The lowest BCUT2D eigenvalue weighted by molar-refractivity contribution is -0.384. The molecule has 0 aromatic heterocycles. The molecule has 0 atom stereocenters. The molecule has 6 heteroatoms. The van der Waals surface area contributed by atoms with Gasteiger partial charge in [-0.1, -0.05) is 30.3 Å². The van der Waals surface area contributed by atoms with Gasteiger partial charge in [-0.05, 0) is 18.1 Å². The summed E-state index contributed by atoms with van der Waals surface area (Å²) in [5.74, 6) is 0.679. The summed E-state index contributed by atoms with van der Waals surface area (Å²) in [6, 6.07) is 14.4. The fraction of sp³-hybridized carbons (Fsp3) is 0.368. The number of rotatable bonds is 7. The largest absolute Gasteiger partial charge is 0.493 e. The number of nitro benzene ring substituents is 1. The van der Waals surface area contributed by atoms with E-state index in [0.29, 0.717) is 12.4 Å². The molecule has 25 heavy (non-hydrogen) atoms. The summed E-state index contributed by atoms with van der Waals surface area (Å²) in [5, 5.41) is 11.1. The van der Waals surface area contributed by atoms with E-state index in [0.717, 1.165) is 50.4 Å². The standard InChI is InChI=1S/C19H22N2O4/c22-21(23)17-7-8-19(18(15-17)16-5-2-1-3-6-16)25-12-4-9-20-10-13-24-14-11-20/h1-3,5-8,15H,4,9-14H2. The fourth-order valence-corrected chi connectivity index (χ4v) is 2.90. The predicted molar refractivity (Wildman–Crippen MR) is 95.9 cm³/mol. The van der Waals surface area contributed by atoms with Crippen LogP contribution >= 0.6 is 0 Å². The molecule has 6 nitrogen and oxygen atoms in total. The van der Waals surface area contributed by atoms with Crippen molar-refractivity contribution in [2.75, 3.05) is 39.5 Å². The topological polar surface area (TPSA) is 64.8 Å². The second kappa shape index (κ2) is 8.60. The van der Waals surface area contributed by atoms with Gasteiger partial charge in [0.15, 0.2) is 0 Å². The zero-order valence-corrected chi connectivity index (χ0v) is 14.1. The lowest BCUT2D eigenvalue weighted by Gasteiger charge is -2.26. The summed E-state index contributed by atoms with van der Waals surface area (Å²) in [5.41, 5.74) is 1.73. The second-order valence-corrected chi connectivity index (χ2v) is 5.96. The average Bonchev–Trinajstić information content (AvgIpc) is 2.66. The lowest BCUT2D eigenvalue weighted by Crippen LogP contribution is -2.37. The van der Waals surface area contributed by atoms with Gasteiger partial charge in [-0.2, -0.15) is 0 Å². The van der Waals surface area contributed by atoms with Gasteiger partial charge in [-0.15, -0.1) is 0 Å². The van der Waals surface area contributed by atoms with Gasteiger partial charge < -0.3 is 9.47 Å². The molecule has 0 saturated carbocycles. The van der Waals surface area contributed by atoms with E-state index in [9.17, 15) is 10.1 Å². The monoisotopic (exact) mass is 342 g/mol. The molecule has 1 fully saturated rings. The molecule has 132 valence electrons. The van der Waals surface area contributed by atoms with Gasteiger partial charge in [0, 0.05) is 37.3 Å². The van der Waals surface area contributed by atoms with Crippen molar-refractivity contribution in [3.8, 4) is 16.9 Å². The molecule has 0 radical (unpaired) electrons. The van der Waals surface area contributed by atoms with E-state index in [-0.39, 0.29) is 10.6 Å². The first-order valence-corrected chi connectivity index (χ1v) is 8.51. The van der Waals surface area contributed by atoms with E-state index in [4.69, 9.17) is 9.47 Å². The highest BCUT2D eigenvalue weighted by Crippen LogP contribution is 2.33. The van der Waals surface area contributed by atoms with Crippen LogP contribution in [0.15, 0.2) is 48.5 Å². The maximum Gasteiger partial charge on any atom is 0.270 e. The van der Waals surface area contributed by atoms with Crippen LogP contribution in [0.2, 0.25) is 0 Å². The van der Waals surface area contributed by atoms with Crippen molar-refractivity contribution in [3.05, 3.63) is 58.6 Å². The van der Waals surface area contributed by atoms with Crippen LogP contribution in [-0.4, -0.2) is 49.3 Å². The predicted octanol–water partition coefficient (Wildman–Crippen LogP) is 3.36. The van der Waals surface area contributed by atoms with Gasteiger partial charge in [-0.25, -0.2) is 0 Å². The molecule has 0 spiro atoms. The van der Waals surface area contributed by atoms with Crippen LogP contribution < -0.4 is 4.74 Å². The first-order valence-electron chi connectivity index (χ1n) is 8.51. The Morgan fingerprint density at radius 3 is 2.60 bits per heavy atom. The minimum atomic E-state index is -0.380. The Balaban J connectivity index is 1.66. The fourth-order valence-electron chi connectivity index (χ4n) is 2.90. The quantitative estimate of drug-likeness (QED) is 0.438. The minimum absolute atomic E-state index is 0.0690. The number of nitro groups is 1. The Labute approximate surface area is 147 Å². The van der Waals surface area contributed by atoms with Crippen LogP contribution in [0, 0.1) is 10.1 Å². The summed E-state index contributed by atoms with van der Waals surface area (Å²) in [6.07, 6.45) is 0.908. The molecule has 0 unspecified atom stereocenters. The highest BCUT2D eigenvalue weighted by atomic mass is 16.6. The highest BCUT2D eigenvalue weighted by molar-refractivity contribution is 5.72. The molecule has 0 N–H and O–H groups in total. The summed E-state index contributed by atoms with van der Waals surface area (Å²) in [7, 11) is 0. The van der Waals surface area contributed by atoms with E-state index < -0.39 is 0 Å². The van der Waals surface area contributed by atoms with Crippen molar-refractivity contribution in [2.45, 2.75) is 6.42 Å². The number of non-ortho nitro benzene ring substituents is 1. The Bertz CT molecular complexity index is 700. The van der Waals surface area contributed by atoms with Gasteiger partial charge in [0.25, 0.3) is 5.69 Å². The van der Waals surface area contributed by atoms with E-state index in [1.165, 1.54) is 6.07 Å². The van der Waals surface area contributed by atoms with Gasteiger partial charge in [0.1, 0.15) is 5.75 Å². The number of nitrogens with zero attached hydrogens (tertiary/aromatic N) is 2. The first kappa shape index (κ1) is 17.4. The van der Waals surface area contributed by atoms with Gasteiger partial charge >= 0.3 is 0 Å². The summed E-state index contributed by atoms with van der Waals surface area (Å²) >= 11 is 0. The molecule has 1 aliphatic rings. The zero-order valence-electron chi connectivity index (χ0n) is 14.1. The molecule has 3 rings (SSSR count). The van der Waals surface area contributed by atoms with Gasteiger partial charge in [0.05, 0.1) is 24.7 Å². The molecule has 0 amide bonds. The van der Waals surface area contributed by atoms with Gasteiger partial charge in [0.2, 0.25) is 0 Å². The summed E-state index contributed by atoms with van der Waals surface area (Å²) < 4.78 is 11.3. The molecule has 0 aliphatic carbocycles. The normalized spacial score (nSPS) is 15.0. The molecule has 2 aromatic carbocycles. The third kappa shape index (κ3) is 4.78. The number of morpholine rings is 1. The maximum atomic E-state index is 11.1. The third-order valence-corrected chi connectivity index (χ3v) is 4.24. The molecular weight excluding hydrogens is 320 g/mol. The van der Waals surface area contributed by atoms with E-state index in [1.54, 1.807) is 12.1 Å². The number of benzene rings is 2. The van der Waals surface area contributed by atoms with Gasteiger partial charge in [-0.3, -0.25) is 15.0 Å². The Morgan fingerprint density at radius 2 is 1.88 bits per heavy atom. The number of hydrogen-bond acceptors (Lipinski definition) is 5. The van der Waals surface area contributed by atoms with Crippen molar-refractivity contribution in [2.24, 2.45) is 0 Å². The second-order valence-electron chi connectivity index (χ2n) is 5.96. The average molecular weight is 342 g/mol. The van der Waals surface area contributed by atoms with Crippen molar-refractivity contribution in [3.63, 3.8) is 0 Å². The van der Waals surface area contributed by atoms with Crippen LogP contribution in [-0.2, 0) is 4.74 Å². The smallest absolute Gasteiger partial charge is 0.270 e. The van der Waals surface area contributed by atoms with E-state index in [1.807, 2.05) is 30.3 Å². The Morgan fingerprint density at radius 1 is 1.12 bits per heavy atom. The van der Waals surface area contributed by atoms with Crippen molar-refractivity contribution >= 4 is 5.69 Å². The van der Waals surface area contributed by atoms with Crippen molar-refractivity contribution in [1.29, 1.82) is 0 Å². The molecule has 0 bridgehead atoms. The molecule has 1 aliphatic heterocycles. The van der Waals surface area contributed by atoms with Crippen LogP contribution in [0.3, 0.4) is 0 Å². The number of ether oxygens (including phenoxy) is 2. The molecule has 1 heterocycles. The minimum Gasteiger partial charge on any atom is -0.493 e. The van der Waals surface area contributed by atoms with Crippen molar-refractivity contribution < 1.29 is 14.4 Å². The van der Waals surface area contributed by atoms with Crippen LogP contribution in [0.4, 0.5) is 5.69 Å². The lowest BCUT2D eigenvalue weighted by atomic mass is 10.0. The summed E-state index contributed by atoms with van der Waals surface area (Å²) in [4.78, 5) is 13.1. The maximum absolute atomic E-state index is 11.1. The molecule has 1 saturated heterocycles. The first-order chi connectivity index (χ1) is 12.2. The van der Waals surface area contributed by atoms with Crippen LogP contribution in [0.5, 0.6) is 5.75 Å². The van der Waals surface area contributed by atoms with E-state index in [2.05, 4.69) is 4.90 Å². The highest BCUT2D eigenvalue weighted by Gasteiger charge is 2.14. The Kier molecular flexibility index (Phi) is 5.98. The molecular formula is C19H22N2O4. The SMILES string of the molecule is O=[N+]([O-])c1ccc(OCCCN2CCOCC2)c(-c2ccccc2)c1. The van der Waals surface area contributed by atoms with Crippen LogP contribution in [0.25, 0.3) is 11.1 Å². The van der Waals surface area contributed by atoms with E-state index >= 15 is 0 Å². The van der Waals surface area contributed by atoms with Crippen molar-refractivity contribution in [1.82, 2.24) is 4.90 Å². The third-order valence-electron chi connectivity index (χ3n) is 4.24. The zero-order chi connectivity index (χ0) is 17.5. The Hall–Kier alpha value is -2.44. The van der Waals surface area contributed by atoms with Crippen LogP contribution in [0.1, 0.15) is 6.42 Å². The summed E-state index contributed by atoms with van der Waals surface area (Å²) in [6.45, 7) is 5.06. The molecule has 2 aromatic rings.